The van der Waals surface area contributed by atoms with Crippen LogP contribution in [-0.4, -0.2) is 28.1 Å². The zero-order valence-corrected chi connectivity index (χ0v) is 16.1. The van der Waals surface area contributed by atoms with Gasteiger partial charge in [0.25, 0.3) is 0 Å². The summed E-state index contributed by atoms with van der Waals surface area (Å²) >= 11 is 1.62. The van der Waals surface area contributed by atoms with Crippen LogP contribution < -0.4 is 5.32 Å². The summed E-state index contributed by atoms with van der Waals surface area (Å²) in [6.45, 7) is 4.45. The van der Waals surface area contributed by atoms with E-state index >= 15 is 0 Å². The Bertz CT molecular complexity index is 884. The Labute approximate surface area is 157 Å². The van der Waals surface area contributed by atoms with Gasteiger partial charge >= 0.3 is 0 Å². The maximum Gasteiger partial charge on any atom is 0.161 e. The Morgan fingerprint density at radius 2 is 2.12 bits per heavy atom. The van der Waals surface area contributed by atoms with Crippen LogP contribution in [0, 0.1) is 6.92 Å². The molecule has 0 saturated heterocycles. The van der Waals surface area contributed by atoms with E-state index in [4.69, 9.17) is 4.98 Å². The molecule has 1 saturated carbocycles. The molecule has 2 aliphatic rings. The molecule has 0 aromatic carbocycles. The SMILES string of the molecule is CC(=O)c1cc(-c2csc(C3=CN=CCN3)n2)n(C2CCCCC2)c1C. The highest BCUT2D eigenvalue weighted by atomic mass is 32.1. The lowest BCUT2D eigenvalue weighted by Crippen LogP contribution is -2.17. The molecule has 3 heterocycles. The Morgan fingerprint density at radius 1 is 1.31 bits per heavy atom. The number of ketones is 1. The van der Waals surface area contributed by atoms with Crippen molar-refractivity contribution in [3.63, 3.8) is 0 Å². The lowest BCUT2D eigenvalue weighted by Gasteiger charge is -2.26. The predicted molar refractivity (Wildman–Crippen MR) is 107 cm³/mol. The van der Waals surface area contributed by atoms with Crippen molar-refractivity contribution in [3.8, 4) is 11.4 Å². The monoisotopic (exact) mass is 368 g/mol. The van der Waals surface area contributed by atoms with Crippen LogP contribution in [-0.2, 0) is 0 Å². The second kappa shape index (κ2) is 7.19. The lowest BCUT2D eigenvalue weighted by atomic mass is 9.95. The number of hydrogen-bond donors (Lipinski definition) is 1. The van der Waals surface area contributed by atoms with Gasteiger partial charge in [-0.3, -0.25) is 9.79 Å². The summed E-state index contributed by atoms with van der Waals surface area (Å²) in [4.78, 5) is 21.2. The van der Waals surface area contributed by atoms with Crippen molar-refractivity contribution in [3.05, 3.63) is 33.9 Å². The molecule has 5 nitrogen and oxygen atoms in total. The number of carbonyl (C=O) groups is 1. The van der Waals surface area contributed by atoms with Crippen LogP contribution in [0.3, 0.4) is 0 Å². The molecule has 2 aromatic heterocycles. The lowest BCUT2D eigenvalue weighted by molar-refractivity contribution is 0.101. The highest BCUT2D eigenvalue weighted by Gasteiger charge is 2.25. The van der Waals surface area contributed by atoms with E-state index in [9.17, 15) is 4.79 Å². The van der Waals surface area contributed by atoms with E-state index < -0.39 is 0 Å². The Balaban J connectivity index is 1.77. The summed E-state index contributed by atoms with van der Waals surface area (Å²) in [6.07, 6.45) is 9.85. The second-order valence-electron chi connectivity index (χ2n) is 7.04. The van der Waals surface area contributed by atoms with E-state index in [1.807, 2.05) is 18.5 Å². The number of aromatic nitrogens is 2. The van der Waals surface area contributed by atoms with Crippen LogP contribution in [0.15, 0.2) is 22.6 Å². The number of aliphatic imine (C=N–C) groups is 1. The molecule has 6 heteroatoms. The average Bonchev–Trinajstić information content (AvgIpc) is 3.28. The van der Waals surface area contributed by atoms with Gasteiger partial charge in [0.15, 0.2) is 5.78 Å². The van der Waals surface area contributed by atoms with Gasteiger partial charge in [-0.05, 0) is 32.8 Å². The third-order valence-corrected chi connectivity index (χ3v) is 6.18. The summed E-state index contributed by atoms with van der Waals surface area (Å²) < 4.78 is 2.37. The number of hydrogen-bond acceptors (Lipinski definition) is 5. The fraction of sp³-hybridized carbons (Fsp3) is 0.450. The van der Waals surface area contributed by atoms with Gasteiger partial charge in [-0.1, -0.05) is 19.3 Å². The number of nitrogens with zero attached hydrogens (tertiary/aromatic N) is 3. The number of rotatable bonds is 4. The largest absolute Gasteiger partial charge is 0.376 e. The maximum atomic E-state index is 12.1. The number of carbonyl (C=O) groups excluding carboxylic acids is 1. The standard InChI is InChI=1S/C20H24N4OS/c1-13-16(14(2)25)10-19(24(13)15-6-4-3-5-7-15)18-12-26-20(23-18)17-11-21-8-9-22-17/h8,10-12,15,22H,3-7,9H2,1-2H3. The Morgan fingerprint density at radius 3 is 2.81 bits per heavy atom. The van der Waals surface area contributed by atoms with Gasteiger partial charge < -0.3 is 9.88 Å². The third kappa shape index (κ3) is 3.14. The first-order valence-corrected chi connectivity index (χ1v) is 10.2. The molecule has 0 atom stereocenters. The molecule has 1 fully saturated rings. The van der Waals surface area contributed by atoms with Gasteiger partial charge in [-0.2, -0.15) is 0 Å². The van der Waals surface area contributed by atoms with E-state index in [0.717, 1.165) is 39.9 Å². The molecule has 26 heavy (non-hydrogen) atoms. The van der Waals surface area contributed by atoms with Crippen molar-refractivity contribution in [2.45, 2.75) is 52.0 Å². The second-order valence-corrected chi connectivity index (χ2v) is 7.90. The van der Waals surface area contributed by atoms with Gasteiger partial charge in [-0.15, -0.1) is 11.3 Å². The van der Waals surface area contributed by atoms with Gasteiger partial charge in [0.2, 0.25) is 0 Å². The maximum absolute atomic E-state index is 12.1. The topological polar surface area (TPSA) is 59.3 Å². The van der Waals surface area contributed by atoms with Crippen LogP contribution in [0.5, 0.6) is 0 Å². The van der Waals surface area contributed by atoms with Crippen molar-refractivity contribution < 1.29 is 4.79 Å². The van der Waals surface area contributed by atoms with Crippen LogP contribution in [0.4, 0.5) is 0 Å². The molecule has 1 aliphatic carbocycles. The molecule has 0 amide bonds. The van der Waals surface area contributed by atoms with Crippen LogP contribution >= 0.6 is 11.3 Å². The quantitative estimate of drug-likeness (QED) is 0.802. The van der Waals surface area contributed by atoms with Gasteiger partial charge in [0, 0.05) is 28.9 Å². The van der Waals surface area contributed by atoms with E-state index in [0.29, 0.717) is 6.04 Å². The molecule has 1 aliphatic heterocycles. The number of nitrogens with one attached hydrogen (secondary N) is 1. The summed E-state index contributed by atoms with van der Waals surface area (Å²) in [7, 11) is 0. The van der Waals surface area contributed by atoms with Gasteiger partial charge in [0.05, 0.1) is 29.8 Å². The molecule has 1 N–H and O–H groups in total. The van der Waals surface area contributed by atoms with E-state index in [1.165, 1.54) is 32.1 Å². The van der Waals surface area contributed by atoms with Crippen molar-refractivity contribution in [2.75, 3.05) is 6.54 Å². The fourth-order valence-corrected chi connectivity index (χ4v) is 4.81. The zero-order chi connectivity index (χ0) is 18.1. The Kier molecular flexibility index (Phi) is 4.76. The first kappa shape index (κ1) is 17.2. The van der Waals surface area contributed by atoms with E-state index in [1.54, 1.807) is 18.3 Å². The molecular formula is C20H24N4OS. The van der Waals surface area contributed by atoms with Crippen LogP contribution in [0.25, 0.3) is 17.1 Å². The van der Waals surface area contributed by atoms with Crippen molar-refractivity contribution in [1.82, 2.24) is 14.9 Å². The zero-order valence-electron chi connectivity index (χ0n) is 15.3. The Hall–Kier alpha value is -2.21. The first-order chi connectivity index (χ1) is 12.6. The van der Waals surface area contributed by atoms with Crippen molar-refractivity contribution in [2.24, 2.45) is 4.99 Å². The van der Waals surface area contributed by atoms with Crippen LogP contribution in [0.2, 0.25) is 0 Å². The molecule has 0 bridgehead atoms. The normalized spacial score (nSPS) is 17.8. The minimum absolute atomic E-state index is 0.125. The summed E-state index contributed by atoms with van der Waals surface area (Å²) in [5, 5.41) is 6.34. The van der Waals surface area contributed by atoms with E-state index in [2.05, 4.69) is 27.2 Å². The molecule has 0 spiro atoms. The van der Waals surface area contributed by atoms with Gasteiger partial charge in [-0.25, -0.2) is 4.98 Å². The third-order valence-electron chi connectivity index (χ3n) is 5.30. The smallest absolute Gasteiger partial charge is 0.161 e. The fourth-order valence-electron chi connectivity index (χ4n) is 4.01. The highest BCUT2D eigenvalue weighted by Crippen LogP contribution is 2.37. The summed E-state index contributed by atoms with van der Waals surface area (Å²) in [5.74, 6) is 0.125. The molecule has 2 aromatic rings. The molecular weight excluding hydrogens is 344 g/mol. The number of thiazole rings is 1. The van der Waals surface area contributed by atoms with Crippen LogP contribution in [0.1, 0.15) is 66.1 Å². The molecule has 0 radical (unpaired) electrons. The highest BCUT2D eigenvalue weighted by molar-refractivity contribution is 7.11. The predicted octanol–water partition coefficient (Wildman–Crippen LogP) is 4.60. The minimum atomic E-state index is 0.125. The summed E-state index contributed by atoms with van der Waals surface area (Å²) in [5.41, 5.74) is 4.88. The number of Topliss-reactive ketones (excluding diaryl/α,β-unsaturated/α-hetero) is 1. The summed E-state index contributed by atoms with van der Waals surface area (Å²) in [6, 6.07) is 2.50. The van der Waals surface area contributed by atoms with Crippen molar-refractivity contribution >= 4 is 29.0 Å². The average molecular weight is 369 g/mol. The van der Waals surface area contributed by atoms with E-state index in [-0.39, 0.29) is 5.78 Å². The molecule has 136 valence electrons. The minimum Gasteiger partial charge on any atom is -0.376 e. The first-order valence-electron chi connectivity index (χ1n) is 9.30. The molecule has 0 unspecified atom stereocenters. The molecule has 4 rings (SSSR count). The van der Waals surface area contributed by atoms with Crippen molar-refractivity contribution in [1.29, 1.82) is 0 Å². The van der Waals surface area contributed by atoms with Gasteiger partial charge in [0.1, 0.15) is 5.01 Å².